The van der Waals surface area contributed by atoms with Gasteiger partial charge in [0.15, 0.2) is 5.69 Å². The SMILES string of the molecule is CCCNC(=O)c1ccc(-c2cc3c(cc2C(=O)Nc2ccc(CNC(=O)OC(C)(C)C)cc2OCC2CCC2)-c2sccc2CCO3)c(C(=O)OC)n1. The van der Waals surface area contributed by atoms with Gasteiger partial charge >= 0.3 is 12.1 Å². The number of carbonyl (C=O) groups excluding carboxylic acids is 4. The number of anilines is 1. The van der Waals surface area contributed by atoms with Crippen LogP contribution in [0.4, 0.5) is 10.5 Å². The standard InChI is InChI=1S/C41H46N4O8S/c1-6-16-42-38(47)32-13-11-27(35(44-32)39(48)50-5)28-21-33-30(36-26(14-17-51-33)15-18-54-36)20-29(28)37(46)45-31-12-10-25(22-43-40(49)53-41(2,3)4)19-34(31)52-23-24-8-7-9-24/h10-13,15,18-21,24H,6-9,14,16-17,22-23H2,1-5H3,(H,42,47)(H,43,49)(H,45,46). The van der Waals surface area contributed by atoms with Crippen molar-refractivity contribution in [1.82, 2.24) is 15.6 Å². The van der Waals surface area contributed by atoms with Crippen LogP contribution in [0.2, 0.25) is 0 Å². The van der Waals surface area contributed by atoms with Crippen molar-refractivity contribution in [2.24, 2.45) is 5.92 Å². The molecule has 3 amide bonds. The Morgan fingerprint density at radius 3 is 2.50 bits per heavy atom. The summed E-state index contributed by atoms with van der Waals surface area (Å²) in [5.74, 6) is -0.234. The molecule has 2 aromatic carbocycles. The van der Waals surface area contributed by atoms with Gasteiger partial charge in [0.2, 0.25) is 0 Å². The molecule has 0 spiro atoms. The van der Waals surface area contributed by atoms with Gasteiger partial charge < -0.3 is 34.9 Å². The Morgan fingerprint density at radius 2 is 1.78 bits per heavy atom. The number of rotatable bonds is 12. The first-order valence-electron chi connectivity index (χ1n) is 18.2. The topological polar surface area (TPSA) is 154 Å². The first-order chi connectivity index (χ1) is 25.9. The molecule has 12 nitrogen and oxygen atoms in total. The van der Waals surface area contributed by atoms with E-state index in [9.17, 15) is 19.2 Å². The van der Waals surface area contributed by atoms with Crippen LogP contribution in [0.25, 0.3) is 21.6 Å². The number of thiophene rings is 1. The van der Waals surface area contributed by atoms with Gasteiger partial charge in [-0.3, -0.25) is 9.59 Å². The number of benzene rings is 2. The quantitative estimate of drug-likeness (QED) is 0.123. The molecular weight excluding hydrogens is 709 g/mol. The molecule has 54 heavy (non-hydrogen) atoms. The maximum absolute atomic E-state index is 14.6. The van der Waals surface area contributed by atoms with E-state index < -0.39 is 29.5 Å². The number of carbonyl (C=O) groups is 4. The van der Waals surface area contributed by atoms with Crippen LogP contribution in [0.15, 0.2) is 53.9 Å². The van der Waals surface area contributed by atoms with E-state index in [2.05, 4.69) is 27.0 Å². The molecule has 2 aromatic heterocycles. The van der Waals surface area contributed by atoms with Gasteiger partial charge in [0, 0.05) is 46.6 Å². The molecule has 1 fully saturated rings. The van der Waals surface area contributed by atoms with Gasteiger partial charge in [-0.15, -0.1) is 11.3 Å². The fourth-order valence-electron chi connectivity index (χ4n) is 6.16. The summed E-state index contributed by atoms with van der Waals surface area (Å²) < 4.78 is 23.0. The summed E-state index contributed by atoms with van der Waals surface area (Å²) in [6.45, 7) is 8.88. The predicted octanol–water partition coefficient (Wildman–Crippen LogP) is 7.79. The minimum atomic E-state index is -0.764. The Kier molecular flexibility index (Phi) is 11.9. The van der Waals surface area contributed by atoms with Gasteiger partial charge in [0.05, 0.1) is 26.0 Å². The molecule has 0 radical (unpaired) electrons. The minimum absolute atomic E-state index is 0.0438. The van der Waals surface area contributed by atoms with Crippen molar-refractivity contribution in [1.29, 1.82) is 0 Å². The highest BCUT2D eigenvalue weighted by atomic mass is 32.1. The Bertz CT molecular complexity index is 2050. The van der Waals surface area contributed by atoms with E-state index in [4.69, 9.17) is 18.9 Å². The fraction of sp³-hybridized carbons (Fsp3) is 0.390. The highest BCUT2D eigenvalue weighted by Gasteiger charge is 2.28. The third kappa shape index (κ3) is 9.02. The van der Waals surface area contributed by atoms with Crippen LogP contribution < -0.4 is 25.4 Å². The lowest BCUT2D eigenvalue weighted by molar-refractivity contribution is 0.0521. The molecule has 1 aliphatic heterocycles. The normalized spacial score (nSPS) is 13.6. The smallest absolute Gasteiger partial charge is 0.407 e. The number of esters is 1. The summed E-state index contributed by atoms with van der Waals surface area (Å²) in [7, 11) is 1.24. The van der Waals surface area contributed by atoms with Gasteiger partial charge in [0.1, 0.15) is 22.8 Å². The number of aromatic nitrogens is 1. The van der Waals surface area contributed by atoms with Crippen LogP contribution in [0, 0.1) is 5.92 Å². The number of hydrogen-bond donors (Lipinski definition) is 3. The summed E-state index contributed by atoms with van der Waals surface area (Å²) in [6, 6.07) is 14.1. The third-order valence-electron chi connectivity index (χ3n) is 9.15. The van der Waals surface area contributed by atoms with Crippen LogP contribution in [-0.4, -0.2) is 61.3 Å². The van der Waals surface area contributed by atoms with E-state index in [0.29, 0.717) is 60.4 Å². The van der Waals surface area contributed by atoms with E-state index in [0.717, 1.165) is 47.3 Å². The molecule has 2 aliphatic rings. The second-order valence-electron chi connectivity index (χ2n) is 14.4. The molecule has 0 unspecified atom stereocenters. The maximum atomic E-state index is 14.6. The van der Waals surface area contributed by atoms with E-state index in [1.807, 2.05) is 12.3 Å². The van der Waals surface area contributed by atoms with Gasteiger partial charge in [0.25, 0.3) is 11.8 Å². The molecular formula is C41H46N4O8S. The number of nitrogens with one attached hydrogen (secondary N) is 3. The Balaban J connectivity index is 1.40. The van der Waals surface area contributed by atoms with Crippen LogP contribution in [0.3, 0.4) is 0 Å². The van der Waals surface area contributed by atoms with E-state index in [1.54, 1.807) is 68.5 Å². The highest BCUT2D eigenvalue weighted by Crippen LogP contribution is 2.43. The number of nitrogens with zero attached hydrogens (tertiary/aromatic N) is 1. The lowest BCUT2D eigenvalue weighted by Gasteiger charge is -2.26. The number of pyridine rings is 1. The summed E-state index contributed by atoms with van der Waals surface area (Å²) in [5.41, 5.74) is 3.25. The number of ether oxygens (including phenoxy) is 4. The van der Waals surface area contributed by atoms with E-state index in [-0.39, 0.29) is 23.5 Å². The van der Waals surface area contributed by atoms with Crippen molar-refractivity contribution in [3.8, 4) is 33.1 Å². The zero-order valence-electron chi connectivity index (χ0n) is 31.3. The summed E-state index contributed by atoms with van der Waals surface area (Å²) in [4.78, 5) is 58.5. The lowest BCUT2D eigenvalue weighted by Crippen LogP contribution is -2.32. The van der Waals surface area contributed by atoms with Crippen molar-refractivity contribution in [2.45, 2.75) is 71.9 Å². The zero-order valence-corrected chi connectivity index (χ0v) is 32.1. The average Bonchev–Trinajstić information content (AvgIpc) is 3.52. The maximum Gasteiger partial charge on any atom is 0.407 e. The Morgan fingerprint density at radius 1 is 0.963 bits per heavy atom. The van der Waals surface area contributed by atoms with Crippen LogP contribution >= 0.6 is 11.3 Å². The molecule has 0 bridgehead atoms. The molecule has 1 aliphatic carbocycles. The molecule has 1 saturated carbocycles. The minimum Gasteiger partial charge on any atom is -0.493 e. The van der Waals surface area contributed by atoms with Crippen molar-refractivity contribution in [3.63, 3.8) is 0 Å². The van der Waals surface area contributed by atoms with Gasteiger partial charge in [-0.2, -0.15) is 0 Å². The zero-order chi connectivity index (χ0) is 38.4. The van der Waals surface area contributed by atoms with E-state index >= 15 is 0 Å². The highest BCUT2D eigenvalue weighted by molar-refractivity contribution is 7.13. The average molecular weight is 755 g/mol. The predicted molar refractivity (Wildman–Crippen MR) is 206 cm³/mol. The second-order valence-corrected chi connectivity index (χ2v) is 15.3. The van der Waals surface area contributed by atoms with Crippen LogP contribution in [-0.2, 0) is 22.4 Å². The lowest BCUT2D eigenvalue weighted by atomic mass is 9.86. The van der Waals surface area contributed by atoms with Gasteiger partial charge in [-0.1, -0.05) is 19.4 Å². The Labute approximate surface area is 318 Å². The molecule has 0 atom stereocenters. The molecule has 3 N–H and O–H groups in total. The number of methoxy groups -OCH3 is 1. The largest absolute Gasteiger partial charge is 0.493 e. The number of alkyl carbamates (subject to hydrolysis) is 1. The first kappa shape index (κ1) is 38.3. The Hall–Kier alpha value is -5.43. The molecule has 13 heteroatoms. The first-order valence-corrected chi connectivity index (χ1v) is 19.1. The van der Waals surface area contributed by atoms with Gasteiger partial charge in [-0.05, 0) is 105 Å². The van der Waals surface area contributed by atoms with Crippen LogP contribution in [0.1, 0.15) is 95.8 Å². The summed E-state index contributed by atoms with van der Waals surface area (Å²) in [5, 5.41) is 10.6. The second kappa shape index (κ2) is 16.7. The number of amides is 3. The van der Waals surface area contributed by atoms with Crippen molar-refractivity contribution < 1.29 is 38.1 Å². The third-order valence-corrected chi connectivity index (χ3v) is 10.1. The molecule has 3 heterocycles. The molecule has 6 rings (SSSR count). The monoisotopic (exact) mass is 754 g/mol. The molecule has 284 valence electrons. The van der Waals surface area contributed by atoms with Crippen molar-refractivity contribution >= 4 is 40.9 Å². The fourth-order valence-corrected chi connectivity index (χ4v) is 7.13. The summed E-state index contributed by atoms with van der Waals surface area (Å²) >= 11 is 1.56. The van der Waals surface area contributed by atoms with Crippen molar-refractivity contribution in [2.75, 3.05) is 32.2 Å². The van der Waals surface area contributed by atoms with Crippen LogP contribution in [0.5, 0.6) is 11.5 Å². The number of fused-ring (bicyclic) bond motifs is 3. The van der Waals surface area contributed by atoms with E-state index in [1.165, 1.54) is 13.2 Å². The molecule has 0 saturated heterocycles. The van der Waals surface area contributed by atoms with Gasteiger partial charge in [-0.25, -0.2) is 14.6 Å². The summed E-state index contributed by atoms with van der Waals surface area (Å²) in [6.07, 6.45) is 4.18. The number of hydrogen-bond acceptors (Lipinski definition) is 10. The van der Waals surface area contributed by atoms with Crippen molar-refractivity contribution in [3.05, 3.63) is 82.0 Å². The molecule has 4 aromatic rings.